The van der Waals surface area contributed by atoms with Gasteiger partial charge in [0.15, 0.2) is 5.78 Å². The third kappa shape index (κ3) is 5.51. The molecule has 58 valence electrons. The minimum atomic E-state index is -0.0249. The van der Waals surface area contributed by atoms with E-state index >= 15 is 0 Å². The van der Waals surface area contributed by atoms with Crippen LogP contribution in [0.15, 0.2) is 11.6 Å². The van der Waals surface area contributed by atoms with Crippen LogP contribution in [0, 0.1) is 0 Å². The molecule has 0 radical (unpaired) electrons. The van der Waals surface area contributed by atoms with Gasteiger partial charge in [0.05, 0.1) is 0 Å². The smallest absolute Gasteiger partial charge is 0.157 e. The number of hydrogen-bond acceptors (Lipinski definition) is 2. The first kappa shape index (κ1) is 9.37. The van der Waals surface area contributed by atoms with Crippen LogP contribution >= 0.6 is 0 Å². The van der Waals surface area contributed by atoms with Crippen molar-refractivity contribution in [2.75, 3.05) is 0 Å². The van der Waals surface area contributed by atoms with Gasteiger partial charge in [-0.3, -0.25) is 4.79 Å². The molecule has 0 aliphatic heterocycles. The fraction of sp³-hybridized carbons (Fsp3) is 0.625. The van der Waals surface area contributed by atoms with Gasteiger partial charge in [0.1, 0.15) is 0 Å². The Hall–Kier alpha value is -0.630. The molecule has 0 aromatic heterocycles. The topological polar surface area (TPSA) is 43.1 Å². The molecule has 0 fully saturated rings. The Morgan fingerprint density at radius 3 is 2.40 bits per heavy atom. The highest BCUT2D eigenvalue weighted by Gasteiger charge is 2.00. The summed E-state index contributed by atoms with van der Waals surface area (Å²) in [4.78, 5) is 10.9. The summed E-state index contributed by atoms with van der Waals surface area (Å²) in [5.74, 6) is 0.120. The maximum Gasteiger partial charge on any atom is 0.157 e. The van der Waals surface area contributed by atoms with E-state index in [2.05, 4.69) is 0 Å². The summed E-state index contributed by atoms with van der Waals surface area (Å²) in [6.45, 7) is 5.63. The first-order valence-corrected chi connectivity index (χ1v) is 3.45. The van der Waals surface area contributed by atoms with Crippen molar-refractivity contribution < 1.29 is 4.79 Å². The lowest BCUT2D eigenvalue weighted by molar-refractivity contribution is -0.114. The molecule has 0 aromatic carbocycles. The quantitative estimate of drug-likeness (QED) is 0.601. The van der Waals surface area contributed by atoms with Crippen LogP contribution in [0.5, 0.6) is 0 Å². The Kier molecular flexibility index (Phi) is 3.96. The molecule has 0 aromatic rings. The second-order valence-electron chi connectivity index (χ2n) is 2.87. The van der Waals surface area contributed by atoms with Crippen LogP contribution in [0.3, 0.4) is 0 Å². The van der Waals surface area contributed by atoms with Gasteiger partial charge in [-0.25, -0.2) is 0 Å². The van der Waals surface area contributed by atoms with Crippen molar-refractivity contribution in [2.45, 2.75) is 33.2 Å². The predicted octanol–water partition coefficient (Wildman–Crippen LogP) is 1.26. The zero-order valence-electron chi connectivity index (χ0n) is 6.85. The molecule has 0 saturated heterocycles. The maximum absolute atomic E-state index is 10.9. The molecule has 0 bridgehead atoms. The molecular formula is C8H15NO. The minimum Gasteiger partial charge on any atom is -0.328 e. The minimum absolute atomic E-state index is 0.0249. The number of nitrogens with two attached hydrogens (primary N) is 1. The lowest BCUT2D eigenvalue weighted by Gasteiger charge is -1.99. The molecule has 2 heteroatoms. The standard InChI is InChI=1S/C8H15NO/c1-6(2)4-8(10)5-7(3)9/h4,7H,5,9H2,1-3H3. The van der Waals surface area contributed by atoms with E-state index in [9.17, 15) is 4.79 Å². The molecule has 0 saturated carbocycles. The zero-order chi connectivity index (χ0) is 8.15. The Morgan fingerprint density at radius 2 is 2.10 bits per heavy atom. The number of carbonyl (C=O) groups is 1. The van der Waals surface area contributed by atoms with Gasteiger partial charge in [-0.2, -0.15) is 0 Å². The number of rotatable bonds is 3. The van der Waals surface area contributed by atoms with Gasteiger partial charge in [-0.05, 0) is 26.8 Å². The van der Waals surface area contributed by atoms with E-state index in [1.807, 2.05) is 20.8 Å². The third-order valence-electron chi connectivity index (χ3n) is 0.973. The van der Waals surface area contributed by atoms with E-state index in [-0.39, 0.29) is 11.8 Å². The summed E-state index contributed by atoms with van der Waals surface area (Å²) in [5.41, 5.74) is 6.45. The van der Waals surface area contributed by atoms with Crippen LogP contribution in [-0.4, -0.2) is 11.8 Å². The molecule has 2 nitrogen and oxygen atoms in total. The second-order valence-corrected chi connectivity index (χ2v) is 2.87. The van der Waals surface area contributed by atoms with E-state index in [1.54, 1.807) is 6.08 Å². The van der Waals surface area contributed by atoms with Gasteiger partial charge in [0, 0.05) is 12.5 Å². The Morgan fingerprint density at radius 1 is 1.60 bits per heavy atom. The van der Waals surface area contributed by atoms with Crippen molar-refractivity contribution in [3.63, 3.8) is 0 Å². The molecular weight excluding hydrogens is 126 g/mol. The summed E-state index contributed by atoms with van der Waals surface area (Å²) in [6, 6.07) is -0.0249. The van der Waals surface area contributed by atoms with Crippen molar-refractivity contribution in [1.29, 1.82) is 0 Å². The Balaban J connectivity index is 3.76. The molecule has 0 aliphatic carbocycles. The molecule has 1 atom stereocenters. The summed E-state index contributed by atoms with van der Waals surface area (Å²) < 4.78 is 0. The van der Waals surface area contributed by atoms with E-state index in [0.717, 1.165) is 5.57 Å². The van der Waals surface area contributed by atoms with Gasteiger partial charge in [-0.15, -0.1) is 0 Å². The summed E-state index contributed by atoms with van der Waals surface area (Å²) in [5, 5.41) is 0. The SMILES string of the molecule is CC(C)=CC(=O)CC(C)N. The average Bonchev–Trinajstić information content (AvgIpc) is 1.58. The van der Waals surface area contributed by atoms with Crippen LogP contribution in [-0.2, 0) is 4.79 Å². The van der Waals surface area contributed by atoms with Crippen molar-refractivity contribution in [1.82, 2.24) is 0 Å². The van der Waals surface area contributed by atoms with E-state index < -0.39 is 0 Å². The molecule has 0 heterocycles. The van der Waals surface area contributed by atoms with Crippen molar-refractivity contribution in [3.8, 4) is 0 Å². The first-order chi connectivity index (χ1) is 4.52. The van der Waals surface area contributed by atoms with Crippen molar-refractivity contribution >= 4 is 5.78 Å². The number of hydrogen-bond donors (Lipinski definition) is 1. The summed E-state index contributed by atoms with van der Waals surface area (Å²) >= 11 is 0. The van der Waals surface area contributed by atoms with Crippen LogP contribution in [0.2, 0.25) is 0 Å². The summed E-state index contributed by atoms with van der Waals surface area (Å²) in [7, 11) is 0. The monoisotopic (exact) mass is 141 g/mol. The first-order valence-electron chi connectivity index (χ1n) is 3.45. The van der Waals surface area contributed by atoms with E-state index in [1.165, 1.54) is 0 Å². The van der Waals surface area contributed by atoms with Gasteiger partial charge in [-0.1, -0.05) is 5.57 Å². The fourth-order valence-corrected chi connectivity index (χ4v) is 0.698. The Bertz CT molecular complexity index is 143. The molecule has 0 aliphatic rings. The molecule has 0 amide bonds. The van der Waals surface area contributed by atoms with Gasteiger partial charge < -0.3 is 5.73 Å². The van der Waals surface area contributed by atoms with E-state index in [0.29, 0.717) is 6.42 Å². The zero-order valence-corrected chi connectivity index (χ0v) is 6.85. The fourth-order valence-electron chi connectivity index (χ4n) is 0.698. The van der Waals surface area contributed by atoms with Crippen LogP contribution in [0.1, 0.15) is 27.2 Å². The number of allylic oxidation sites excluding steroid dienone is 2. The molecule has 1 unspecified atom stereocenters. The number of carbonyl (C=O) groups excluding carboxylic acids is 1. The predicted molar refractivity (Wildman–Crippen MR) is 42.7 cm³/mol. The van der Waals surface area contributed by atoms with Crippen LogP contribution in [0.25, 0.3) is 0 Å². The highest BCUT2D eigenvalue weighted by molar-refractivity contribution is 5.90. The highest BCUT2D eigenvalue weighted by Crippen LogP contribution is 1.94. The van der Waals surface area contributed by atoms with Gasteiger partial charge in [0.2, 0.25) is 0 Å². The molecule has 0 spiro atoms. The van der Waals surface area contributed by atoms with Gasteiger partial charge >= 0.3 is 0 Å². The maximum atomic E-state index is 10.9. The molecule has 10 heavy (non-hydrogen) atoms. The lowest BCUT2D eigenvalue weighted by Crippen LogP contribution is -2.18. The average molecular weight is 141 g/mol. The van der Waals surface area contributed by atoms with E-state index in [4.69, 9.17) is 5.73 Å². The third-order valence-corrected chi connectivity index (χ3v) is 0.973. The van der Waals surface area contributed by atoms with Crippen LogP contribution < -0.4 is 5.73 Å². The molecule has 2 N–H and O–H groups in total. The highest BCUT2D eigenvalue weighted by atomic mass is 16.1. The lowest BCUT2D eigenvalue weighted by atomic mass is 10.1. The second kappa shape index (κ2) is 4.23. The normalized spacial score (nSPS) is 12.4. The Labute approximate surface area is 62.1 Å². The summed E-state index contributed by atoms with van der Waals surface area (Å²) in [6.07, 6.45) is 2.08. The van der Waals surface area contributed by atoms with Gasteiger partial charge in [0.25, 0.3) is 0 Å². The van der Waals surface area contributed by atoms with Crippen molar-refractivity contribution in [3.05, 3.63) is 11.6 Å². The van der Waals surface area contributed by atoms with Crippen molar-refractivity contribution in [2.24, 2.45) is 5.73 Å². The largest absolute Gasteiger partial charge is 0.328 e. The van der Waals surface area contributed by atoms with Crippen LogP contribution in [0.4, 0.5) is 0 Å². The number of ketones is 1. The molecule has 0 rings (SSSR count).